The van der Waals surface area contributed by atoms with E-state index in [2.05, 4.69) is 10.6 Å². The number of hydrogen-bond acceptors (Lipinski definition) is 6. The fraction of sp³-hybridized carbons (Fsp3) is 0.500. The van der Waals surface area contributed by atoms with Crippen molar-refractivity contribution in [3.05, 3.63) is 29.3 Å². The number of likely N-dealkylation sites (N-methyl/N-ethyl adjacent to an activating group) is 1. The molecular weight excluding hydrogens is 471 g/mol. The van der Waals surface area contributed by atoms with E-state index >= 15 is 0 Å². The number of anilines is 1. The summed E-state index contributed by atoms with van der Waals surface area (Å²) in [6.07, 6.45) is -2.93. The molecule has 13 heteroatoms. The number of nitriles is 1. The van der Waals surface area contributed by atoms with Crippen LogP contribution < -0.4 is 16.4 Å². The number of carboxylic acid groups (broad SMARTS) is 1. The molecule has 0 radical (unpaired) electrons. The summed E-state index contributed by atoms with van der Waals surface area (Å²) >= 11 is 0. The molecule has 1 saturated carbocycles. The lowest BCUT2D eigenvalue weighted by atomic mass is 9.79. The quantitative estimate of drug-likeness (QED) is 0.467. The normalized spacial score (nSPS) is 25.2. The fourth-order valence-corrected chi connectivity index (χ4v) is 4.39. The Morgan fingerprint density at radius 2 is 2.09 bits per heavy atom. The van der Waals surface area contributed by atoms with E-state index < -0.39 is 54.3 Å². The van der Waals surface area contributed by atoms with E-state index in [0.717, 1.165) is 12.8 Å². The number of hydrogen-bond donors (Lipinski definition) is 4. The molecule has 2 aliphatic heterocycles. The highest BCUT2D eigenvalue weighted by atomic mass is 19.4. The Bertz CT molecular complexity index is 1200. The van der Waals surface area contributed by atoms with Gasteiger partial charge in [-0.3, -0.25) is 14.4 Å². The maximum Gasteiger partial charge on any atom is 0.490 e. The fourth-order valence-electron chi connectivity index (χ4n) is 4.39. The number of fused-ring (bicyclic) bond motifs is 2. The minimum absolute atomic E-state index is 0.0221. The van der Waals surface area contributed by atoms with Gasteiger partial charge >= 0.3 is 12.1 Å². The molecule has 4 rings (SSSR count). The summed E-state index contributed by atoms with van der Waals surface area (Å²) < 4.78 is 54.3. The molecule has 3 atom stereocenters. The number of carbonyl (C=O) groups excluding carboxylic acids is 3. The number of nitrogens with one attached hydrogen (secondary N) is 2. The van der Waals surface area contributed by atoms with Crippen LogP contribution in [0.2, 0.25) is 0 Å². The van der Waals surface area contributed by atoms with Crippen molar-refractivity contribution in [2.75, 3.05) is 18.8 Å². The summed E-state index contributed by atoms with van der Waals surface area (Å²) in [6.45, 7) is -2.65. The van der Waals surface area contributed by atoms with E-state index in [1.807, 2.05) is 6.07 Å². The van der Waals surface area contributed by atoms with Gasteiger partial charge in [0.25, 0.3) is 0 Å². The van der Waals surface area contributed by atoms with Gasteiger partial charge in [-0.25, -0.2) is 4.79 Å². The van der Waals surface area contributed by atoms with Crippen molar-refractivity contribution in [3.63, 3.8) is 0 Å². The van der Waals surface area contributed by atoms with Gasteiger partial charge in [-0.2, -0.15) is 18.4 Å². The lowest BCUT2D eigenvalue weighted by molar-refractivity contribution is -0.192. The minimum atomic E-state index is -5.08. The van der Waals surface area contributed by atoms with Crippen molar-refractivity contribution >= 4 is 29.4 Å². The average Bonchev–Trinajstić information content (AvgIpc) is 3.45. The molecule has 35 heavy (non-hydrogen) atoms. The number of carbonyl (C=O) groups is 4. The van der Waals surface area contributed by atoms with Crippen LogP contribution in [0.25, 0.3) is 0 Å². The van der Waals surface area contributed by atoms with Crippen LogP contribution in [0.4, 0.5) is 18.9 Å². The predicted molar refractivity (Wildman–Crippen MR) is 115 cm³/mol. The Hall–Kier alpha value is -3.66. The summed E-state index contributed by atoms with van der Waals surface area (Å²) in [5.74, 6) is -4.23. The molecule has 10 nitrogen and oxygen atoms in total. The first-order valence-electron chi connectivity index (χ1n) is 12.0. The molecule has 1 saturated heterocycles. The number of likely N-dealkylation sites (tertiary alicyclic amines) is 1. The smallest absolute Gasteiger partial charge is 0.475 e. The second kappa shape index (κ2) is 9.53. The molecule has 3 aliphatic rings. The number of nitrogens with zero attached hydrogens (tertiary/aromatic N) is 2. The van der Waals surface area contributed by atoms with E-state index in [-0.39, 0.29) is 18.9 Å². The molecule has 0 aromatic heterocycles. The maximum absolute atomic E-state index is 13.4. The molecule has 2 heterocycles. The number of carboxylic acids is 1. The Morgan fingerprint density at radius 1 is 1.43 bits per heavy atom. The Kier molecular flexibility index (Phi) is 5.95. The third-order valence-corrected chi connectivity index (χ3v) is 6.32. The Labute approximate surface area is 202 Å². The monoisotopic (exact) mass is 498 g/mol. The zero-order valence-corrected chi connectivity index (χ0v) is 18.2. The van der Waals surface area contributed by atoms with Crippen LogP contribution in [0.5, 0.6) is 0 Å². The van der Waals surface area contributed by atoms with Crippen LogP contribution >= 0.6 is 0 Å². The first kappa shape index (κ1) is 21.8. The van der Waals surface area contributed by atoms with E-state index in [9.17, 15) is 32.8 Å². The van der Waals surface area contributed by atoms with Crippen LogP contribution in [-0.2, 0) is 24.6 Å². The highest BCUT2D eigenvalue weighted by molar-refractivity contribution is 6.09. The number of nitrogens with two attached hydrogens (primary N) is 1. The van der Waals surface area contributed by atoms with Gasteiger partial charge in [0, 0.05) is 10.7 Å². The van der Waals surface area contributed by atoms with Crippen LogP contribution in [0.3, 0.4) is 0 Å². The predicted octanol–water partition coefficient (Wildman–Crippen LogP) is 0.856. The van der Waals surface area contributed by atoms with Gasteiger partial charge in [0.2, 0.25) is 17.7 Å². The number of alkyl halides is 3. The number of benzene rings is 1. The number of halogens is 3. The summed E-state index contributed by atoms with van der Waals surface area (Å²) in [5.41, 5.74) is 5.58. The molecular formula is C22H24F3N5O5. The van der Waals surface area contributed by atoms with Crippen LogP contribution in [0.15, 0.2) is 18.2 Å². The number of rotatable bonds is 5. The third kappa shape index (κ3) is 5.07. The lowest BCUT2D eigenvalue weighted by Gasteiger charge is -2.28. The zero-order chi connectivity index (χ0) is 28.6. The van der Waals surface area contributed by atoms with Gasteiger partial charge in [0.15, 0.2) is 0 Å². The van der Waals surface area contributed by atoms with Gasteiger partial charge in [0.05, 0.1) is 22.7 Å². The Balaban J connectivity index is 0.000000505. The number of aliphatic carboxylic acids is 1. The second-order valence-electron chi connectivity index (χ2n) is 8.64. The average molecular weight is 498 g/mol. The standard InChI is InChI=1S/C20H23N5O3.C2HF3O2/c1-23-14(7-11-5-6-11)18(27)25-10-20(8-15(25)17(22)26)13-4-2-3-12(9-21)16(13)24-19(20)28;3-2(4,5)1(6)7/h2-4,11,14-15,23H,5-8,10H2,1H3,(H2,22,26)(H,24,28);(H,6,7)/t14-,15-,20-;/m0./s1/i1D3;. The molecule has 1 aromatic rings. The van der Waals surface area contributed by atoms with Crippen LogP contribution in [0, 0.1) is 17.2 Å². The van der Waals surface area contributed by atoms with Crippen molar-refractivity contribution in [3.8, 4) is 6.07 Å². The van der Waals surface area contributed by atoms with Gasteiger partial charge < -0.3 is 26.4 Å². The van der Waals surface area contributed by atoms with Crippen LogP contribution in [0.1, 0.15) is 40.9 Å². The SMILES string of the molecule is O=C(O)C(F)(F)F.[2H]C([2H])([2H])N[C@@H](CC1CC1)C(=O)N1C[C@]2(C[C@H]1C(N)=O)C(=O)Nc1c(C#N)cccc12. The van der Waals surface area contributed by atoms with Crippen molar-refractivity contribution in [2.45, 2.75) is 49.4 Å². The molecule has 2 fully saturated rings. The number of amides is 3. The number of primary amides is 1. The summed E-state index contributed by atoms with van der Waals surface area (Å²) in [4.78, 5) is 48.8. The summed E-state index contributed by atoms with van der Waals surface area (Å²) in [7, 11) is 0. The molecule has 188 valence electrons. The van der Waals surface area contributed by atoms with Gasteiger partial charge in [0.1, 0.15) is 12.1 Å². The molecule has 1 spiro atoms. The zero-order valence-electron chi connectivity index (χ0n) is 21.2. The van der Waals surface area contributed by atoms with Crippen molar-refractivity contribution in [1.29, 1.82) is 5.26 Å². The van der Waals surface area contributed by atoms with E-state index in [4.69, 9.17) is 19.7 Å². The lowest BCUT2D eigenvalue weighted by Crippen LogP contribution is -2.51. The van der Waals surface area contributed by atoms with Crippen molar-refractivity contribution in [1.82, 2.24) is 10.2 Å². The topological polar surface area (TPSA) is 166 Å². The second-order valence-corrected chi connectivity index (χ2v) is 8.64. The summed E-state index contributed by atoms with van der Waals surface area (Å²) in [5, 5.41) is 21.6. The molecule has 0 unspecified atom stereocenters. The first-order valence-corrected chi connectivity index (χ1v) is 10.5. The highest BCUT2D eigenvalue weighted by Gasteiger charge is 2.58. The molecule has 5 N–H and O–H groups in total. The van der Waals surface area contributed by atoms with Crippen LogP contribution in [-0.4, -0.2) is 65.5 Å². The van der Waals surface area contributed by atoms with E-state index in [0.29, 0.717) is 23.2 Å². The largest absolute Gasteiger partial charge is 0.490 e. The first-order chi connectivity index (χ1) is 17.5. The third-order valence-electron chi connectivity index (χ3n) is 6.32. The van der Waals surface area contributed by atoms with Crippen molar-refractivity contribution < 1.29 is 41.6 Å². The van der Waals surface area contributed by atoms with Gasteiger partial charge in [-0.15, -0.1) is 0 Å². The molecule has 0 bridgehead atoms. The molecule has 1 aliphatic carbocycles. The Morgan fingerprint density at radius 3 is 2.60 bits per heavy atom. The van der Waals surface area contributed by atoms with E-state index in [1.165, 1.54) is 4.90 Å². The summed E-state index contributed by atoms with van der Waals surface area (Å²) in [6, 6.07) is 4.89. The van der Waals surface area contributed by atoms with Crippen molar-refractivity contribution in [2.24, 2.45) is 11.7 Å². The highest BCUT2D eigenvalue weighted by Crippen LogP contribution is 2.47. The molecule has 1 aromatic carbocycles. The maximum atomic E-state index is 13.4. The minimum Gasteiger partial charge on any atom is -0.475 e. The van der Waals surface area contributed by atoms with Gasteiger partial charge in [-0.05, 0) is 37.4 Å². The van der Waals surface area contributed by atoms with E-state index in [1.54, 1.807) is 18.2 Å². The number of para-hydroxylation sites is 1. The van der Waals surface area contributed by atoms with Gasteiger partial charge in [-0.1, -0.05) is 25.0 Å². The molecule has 3 amide bonds.